The Kier molecular flexibility index (Phi) is 7.57. The zero-order chi connectivity index (χ0) is 25.0. The lowest BCUT2D eigenvalue weighted by molar-refractivity contribution is -0.134. The lowest BCUT2D eigenvalue weighted by atomic mass is 9.91. The third-order valence-corrected chi connectivity index (χ3v) is 7.13. The van der Waals surface area contributed by atoms with Gasteiger partial charge in [0.05, 0.1) is 13.2 Å². The molecule has 0 radical (unpaired) electrons. The van der Waals surface area contributed by atoms with Gasteiger partial charge in [-0.15, -0.1) is 0 Å². The van der Waals surface area contributed by atoms with E-state index in [0.29, 0.717) is 0 Å². The van der Waals surface area contributed by atoms with Crippen molar-refractivity contribution in [3.8, 4) is 0 Å². The fourth-order valence-electron chi connectivity index (χ4n) is 5.13. The largest absolute Gasteiger partial charge is 0.461 e. The van der Waals surface area contributed by atoms with E-state index in [2.05, 4.69) is 10.4 Å². The van der Waals surface area contributed by atoms with Crippen LogP contribution < -0.4 is 5.32 Å². The summed E-state index contributed by atoms with van der Waals surface area (Å²) in [6.45, 7) is 6.19. The molecule has 1 unspecified atom stereocenters. The Balaban J connectivity index is 1.66. The number of fused-ring (bicyclic) bond motifs is 1. The van der Waals surface area contributed by atoms with E-state index in [0.717, 1.165) is 36.8 Å². The first-order chi connectivity index (χ1) is 16.8. The highest BCUT2D eigenvalue weighted by atomic mass is 16.5. The van der Waals surface area contributed by atoms with E-state index in [9.17, 15) is 14.4 Å². The predicted molar refractivity (Wildman–Crippen MR) is 132 cm³/mol. The minimum absolute atomic E-state index is 0.0791. The summed E-state index contributed by atoms with van der Waals surface area (Å²) in [6.07, 6.45) is 7.73. The van der Waals surface area contributed by atoms with Crippen molar-refractivity contribution < 1.29 is 19.1 Å². The number of aromatic nitrogens is 2. The highest BCUT2D eigenvalue weighted by molar-refractivity contribution is 6.01. The monoisotopic (exact) mass is 480 g/mol. The first kappa shape index (κ1) is 24.9. The number of hydrogen-bond acceptors (Lipinski definition) is 5. The molecule has 2 amide bonds. The van der Waals surface area contributed by atoms with Crippen LogP contribution in [0.4, 0.5) is 0 Å². The summed E-state index contributed by atoms with van der Waals surface area (Å²) in [7, 11) is 0. The van der Waals surface area contributed by atoms with E-state index >= 15 is 0 Å². The molecule has 0 saturated heterocycles. The van der Waals surface area contributed by atoms with Gasteiger partial charge in [-0.1, -0.05) is 61.9 Å². The number of rotatable bonds is 6. The molecule has 1 aromatic heterocycles. The lowest BCUT2D eigenvalue weighted by Crippen LogP contribution is -2.64. The van der Waals surface area contributed by atoms with Crippen LogP contribution in [0.15, 0.2) is 30.3 Å². The average Bonchev–Trinajstić information content (AvgIpc) is 3.22. The molecular weight excluding hydrogens is 444 g/mol. The van der Waals surface area contributed by atoms with E-state index in [-0.39, 0.29) is 48.9 Å². The molecule has 1 fully saturated rings. The first-order valence-corrected chi connectivity index (χ1v) is 12.8. The van der Waals surface area contributed by atoms with Crippen molar-refractivity contribution in [1.82, 2.24) is 20.0 Å². The Morgan fingerprint density at radius 1 is 1.14 bits per heavy atom. The zero-order valence-electron chi connectivity index (χ0n) is 21.0. The van der Waals surface area contributed by atoms with Crippen molar-refractivity contribution in [1.29, 1.82) is 0 Å². The predicted octanol–water partition coefficient (Wildman–Crippen LogP) is 4.01. The van der Waals surface area contributed by atoms with Crippen molar-refractivity contribution in [2.24, 2.45) is 0 Å². The molecule has 2 aliphatic rings. The lowest BCUT2D eigenvalue weighted by Gasteiger charge is -2.44. The maximum Gasteiger partial charge on any atom is 0.358 e. The van der Waals surface area contributed by atoms with Crippen molar-refractivity contribution in [3.63, 3.8) is 0 Å². The molecule has 35 heavy (non-hydrogen) atoms. The number of benzene rings is 1. The molecule has 1 atom stereocenters. The van der Waals surface area contributed by atoms with Gasteiger partial charge in [0.2, 0.25) is 5.91 Å². The van der Waals surface area contributed by atoms with Gasteiger partial charge in [0.1, 0.15) is 11.2 Å². The van der Waals surface area contributed by atoms with Gasteiger partial charge in [-0.2, -0.15) is 5.10 Å². The van der Waals surface area contributed by atoms with Crippen LogP contribution in [0.1, 0.15) is 90.9 Å². The summed E-state index contributed by atoms with van der Waals surface area (Å²) >= 11 is 0. The molecule has 188 valence electrons. The smallest absolute Gasteiger partial charge is 0.358 e. The van der Waals surface area contributed by atoms with Gasteiger partial charge in [0, 0.05) is 18.7 Å². The maximum atomic E-state index is 13.8. The highest BCUT2D eigenvalue weighted by Gasteiger charge is 2.48. The van der Waals surface area contributed by atoms with Gasteiger partial charge in [0.25, 0.3) is 5.91 Å². The average molecular weight is 481 g/mol. The molecule has 1 N–H and O–H groups in total. The maximum absolute atomic E-state index is 13.8. The second-order valence-electron chi connectivity index (χ2n) is 9.96. The molecule has 8 nitrogen and oxygen atoms in total. The Labute approximate surface area is 207 Å². The number of hydrogen-bond donors (Lipinski definition) is 1. The Bertz CT molecular complexity index is 1090. The van der Waals surface area contributed by atoms with Crippen LogP contribution in [0.3, 0.4) is 0 Å². The van der Waals surface area contributed by atoms with Crippen LogP contribution in [0.25, 0.3) is 0 Å². The summed E-state index contributed by atoms with van der Waals surface area (Å²) < 4.78 is 6.56. The molecule has 4 rings (SSSR count). The molecule has 2 aromatic rings. The van der Waals surface area contributed by atoms with Crippen molar-refractivity contribution in [2.45, 2.75) is 90.4 Å². The van der Waals surface area contributed by atoms with E-state index in [1.54, 1.807) is 18.7 Å². The van der Waals surface area contributed by atoms with E-state index in [1.807, 2.05) is 31.2 Å². The van der Waals surface area contributed by atoms with Crippen molar-refractivity contribution in [2.75, 3.05) is 6.61 Å². The number of nitrogens with zero attached hydrogens (tertiary/aromatic N) is 3. The normalized spacial score (nSPS) is 21.1. The van der Waals surface area contributed by atoms with Crippen LogP contribution >= 0.6 is 0 Å². The third kappa shape index (κ3) is 5.41. The first-order valence-electron chi connectivity index (χ1n) is 12.8. The number of carbonyl (C=O) groups is 3. The molecule has 1 aliphatic carbocycles. The molecule has 2 heterocycles. The van der Waals surface area contributed by atoms with Crippen LogP contribution in [0, 0.1) is 6.92 Å². The van der Waals surface area contributed by atoms with Gasteiger partial charge in [0.15, 0.2) is 5.69 Å². The molecule has 1 saturated carbocycles. The third-order valence-electron chi connectivity index (χ3n) is 7.13. The summed E-state index contributed by atoms with van der Waals surface area (Å²) in [5.41, 5.74) is 1.24. The summed E-state index contributed by atoms with van der Waals surface area (Å²) in [6, 6.07) is 9.51. The zero-order valence-corrected chi connectivity index (χ0v) is 21.0. The SMILES string of the molecule is CCOC(=O)c1cc2n(n1)CC(C)(C(=O)NC1CCCCCCC1)N(Cc1cccc(C)c1)C2=O. The summed E-state index contributed by atoms with van der Waals surface area (Å²) in [5, 5.41) is 7.60. The second kappa shape index (κ2) is 10.6. The van der Waals surface area contributed by atoms with E-state index in [1.165, 1.54) is 30.0 Å². The Morgan fingerprint density at radius 3 is 2.54 bits per heavy atom. The number of amides is 2. The number of ether oxygens (including phenoxy) is 1. The minimum atomic E-state index is -1.16. The topological polar surface area (TPSA) is 93.5 Å². The molecule has 1 aliphatic heterocycles. The van der Waals surface area contributed by atoms with E-state index in [4.69, 9.17) is 4.74 Å². The van der Waals surface area contributed by atoms with Gasteiger partial charge in [-0.05, 0) is 39.2 Å². The number of carbonyl (C=O) groups excluding carboxylic acids is 3. The Hall–Kier alpha value is -3.16. The van der Waals surface area contributed by atoms with Crippen molar-refractivity contribution >= 4 is 17.8 Å². The quantitative estimate of drug-likeness (QED) is 0.631. The number of nitrogens with one attached hydrogen (secondary N) is 1. The molecule has 1 aromatic carbocycles. The minimum Gasteiger partial charge on any atom is -0.461 e. The fraction of sp³-hybridized carbons (Fsp3) is 0.556. The summed E-state index contributed by atoms with van der Waals surface area (Å²) in [5.74, 6) is -1.08. The molecule has 0 bridgehead atoms. The second-order valence-corrected chi connectivity index (χ2v) is 9.96. The Morgan fingerprint density at radius 2 is 1.86 bits per heavy atom. The van der Waals surface area contributed by atoms with Crippen LogP contribution in [0.5, 0.6) is 0 Å². The fourth-order valence-corrected chi connectivity index (χ4v) is 5.13. The van der Waals surface area contributed by atoms with Gasteiger partial charge in [-0.25, -0.2) is 4.79 Å². The number of esters is 1. The van der Waals surface area contributed by atoms with E-state index < -0.39 is 11.5 Å². The number of aryl methyl sites for hydroxylation is 1. The van der Waals surface area contributed by atoms with Crippen LogP contribution in [-0.4, -0.2) is 50.7 Å². The summed E-state index contributed by atoms with van der Waals surface area (Å²) in [4.78, 5) is 41.5. The van der Waals surface area contributed by atoms with Gasteiger partial charge in [-0.3, -0.25) is 14.3 Å². The molecule has 0 spiro atoms. The van der Waals surface area contributed by atoms with Gasteiger partial charge >= 0.3 is 5.97 Å². The van der Waals surface area contributed by atoms with Gasteiger partial charge < -0.3 is 15.0 Å². The van der Waals surface area contributed by atoms with Crippen LogP contribution in [-0.2, 0) is 22.6 Å². The van der Waals surface area contributed by atoms with Crippen molar-refractivity contribution in [3.05, 3.63) is 52.8 Å². The highest BCUT2D eigenvalue weighted by Crippen LogP contribution is 2.30. The molecular formula is C27H36N4O4. The standard InChI is InChI=1S/C27H36N4O4/c1-4-35-25(33)22-16-23-24(32)30(17-20-12-10-11-19(2)15-20)27(3,18-31(23)29-22)26(34)28-21-13-8-6-5-7-9-14-21/h10-12,15-16,21H,4-9,13-14,17-18H2,1-3H3,(H,28,34). The van der Waals surface area contributed by atoms with Crippen LogP contribution in [0.2, 0.25) is 0 Å². The molecule has 8 heteroatoms.